The lowest BCUT2D eigenvalue weighted by atomic mass is 10.2. The van der Waals surface area contributed by atoms with Crippen molar-refractivity contribution in [1.82, 2.24) is 4.98 Å². The molecule has 0 radical (unpaired) electrons. The summed E-state index contributed by atoms with van der Waals surface area (Å²) in [4.78, 5) is 6.75. The third kappa shape index (κ3) is 2.89. The Balaban J connectivity index is 2.07. The molecule has 1 aliphatic rings. The summed E-state index contributed by atoms with van der Waals surface area (Å²) in [5.41, 5.74) is 0.882. The summed E-state index contributed by atoms with van der Waals surface area (Å²) in [5, 5.41) is 9.41. The van der Waals surface area contributed by atoms with E-state index < -0.39 is 6.10 Å². The van der Waals surface area contributed by atoms with Crippen LogP contribution in [0.5, 0.6) is 0 Å². The Morgan fingerprint density at radius 3 is 2.94 bits per heavy atom. The largest absolute Gasteiger partial charge is 0.389 e. The van der Waals surface area contributed by atoms with E-state index >= 15 is 0 Å². The molecule has 2 rings (SSSR count). The Labute approximate surface area is 101 Å². The van der Waals surface area contributed by atoms with E-state index in [1.807, 2.05) is 23.9 Å². The van der Waals surface area contributed by atoms with Gasteiger partial charge >= 0.3 is 0 Å². The standard InChI is InChI=1S/C12H18N2OS/c1-10(15)11-3-4-12(13-9-11)14-5-2-7-16-8-6-14/h3-4,9-10,15H,2,5-8H2,1H3. The van der Waals surface area contributed by atoms with Gasteiger partial charge in [0.1, 0.15) is 5.82 Å². The second-order valence-electron chi connectivity index (χ2n) is 4.08. The van der Waals surface area contributed by atoms with Crippen molar-refractivity contribution in [2.75, 3.05) is 29.5 Å². The van der Waals surface area contributed by atoms with Gasteiger partial charge in [0.05, 0.1) is 6.10 Å². The lowest BCUT2D eigenvalue weighted by molar-refractivity contribution is 0.199. The van der Waals surface area contributed by atoms with E-state index in [9.17, 15) is 5.11 Å². The van der Waals surface area contributed by atoms with E-state index in [1.54, 1.807) is 13.1 Å². The van der Waals surface area contributed by atoms with Gasteiger partial charge in [0.2, 0.25) is 0 Å². The molecule has 0 spiro atoms. The highest BCUT2D eigenvalue weighted by atomic mass is 32.2. The zero-order valence-corrected chi connectivity index (χ0v) is 10.4. The van der Waals surface area contributed by atoms with Crippen molar-refractivity contribution >= 4 is 17.6 Å². The van der Waals surface area contributed by atoms with Gasteiger partial charge in [-0.1, -0.05) is 6.07 Å². The monoisotopic (exact) mass is 238 g/mol. The molecular weight excluding hydrogens is 220 g/mol. The summed E-state index contributed by atoms with van der Waals surface area (Å²) in [7, 11) is 0. The summed E-state index contributed by atoms with van der Waals surface area (Å²) < 4.78 is 0. The number of thioether (sulfide) groups is 1. The van der Waals surface area contributed by atoms with E-state index in [1.165, 1.54) is 17.9 Å². The van der Waals surface area contributed by atoms with Crippen molar-refractivity contribution in [2.45, 2.75) is 19.4 Å². The van der Waals surface area contributed by atoms with Crippen LogP contribution in [0.2, 0.25) is 0 Å². The van der Waals surface area contributed by atoms with Crippen LogP contribution >= 0.6 is 11.8 Å². The van der Waals surface area contributed by atoms with Crippen LogP contribution in [0.4, 0.5) is 5.82 Å². The molecule has 1 N–H and O–H groups in total. The second-order valence-corrected chi connectivity index (χ2v) is 5.30. The van der Waals surface area contributed by atoms with E-state index in [4.69, 9.17) is 0 Å². The third-order valence-corrected chi connectivity index (χ3v) is 3.85. The lowest BCUT2D eigenvalue weighted by Gasteiger charge is -2.21. The molecule has 16 heavy (non-hydrogen) atoms. The number of aliphatic hydroxyl groups excluding tert-OH is 1. The molecule has 1 unspecified atom stereocenters. The van der Waals surface area contributed by atoms with Gasteiger partial charge in [-0.25, -0.2) is 4.98 Å². The minimum absolute atomic E-state index is 0.429. The van der Waals surface area contributed by atoms with Crippen molar-refractivity contribution in [3.05, 3.63) is 23.9 Å². The number of pyridine rings is 1. The van der Waals surface area contributed by atoms with Crippen molar-refractivity contribution in [1.29, 1.82) is 0 Å². The highest BCUT2D eigenvalue weighted by molar-refractivity contribution is 7.99. The summed E-state index contributed by atoms with van der Waals surface area (Å²) in [6.07, 6.45) is 2.57. The average Bonchev–Trinajstić information content (AvgIpc) is 2.57. The SMILES string of the molecule is CC(O)c1ccc(N2CCCSCC2)nc1. The van der Waals surface area contributed by atoms with Crippen molar-refractivity contribution in [3.8, 4) is 0 Å². The van der Waals surface area contributed by atoms with Crippen LogP contribution in [0.25, 0.3) is 0 Å². The van der Waals surface area contributed by atoms with Gasteiger partial charge < -0.3 is 10.0 Å². The highest BCUT2D eigenvalue weighted by Crippen LogP contribution is 2.19. The molecule has 1 aromatic heterocycles. The van der Waals surface area contributed by atoms with Crippen LogP contribution in [-0.2, 0) is 0 Å². The van der Waals surface area contributed by atoms with Gasteiger partial charge in [-0.05, 0) is 30.7 Å². The molecular formula is C12H18N2OS. The number of hydrogen-bond acceptors (Lipinski definition) is 4. The Bertz CT molecular complexity index is 318. The van der Waals surface area contributed by atoms with E-state index in [2.05, 4.69) is 9.88 Å². The summed E-state index contributed by atoms with van der Waals surface area (Å²) in [5.74, 6) is 3.47. The first kappa shape index (κ1) is 11.7. The molecule has 1 atom stereocenters. The number of nitrogens with zero attached hydrogens (tertiary/aromatic N) is 2. The summed E-state index contributed by atoms with van der Waals surface area (Å²) in [6, 6.07) is 3.98. The number of aliphatic hydroxyl groups is 1. The van der Waals surface area contributed by atoms with Gasteiger partial charge in [0, 0.05) is 25.0 Å². The summed E-state index contributed by atoms with van der Waals surface area (Å²) in [6.45, 7) is 3.93. The Morgan fingerprint density at radius 2 is 2.25 bits per heavy atom. The molecule has 1 aliphatic heterocycles. The van der Waals surface area contributed by atoms with Crippen molar-refractivity contribution < 1.29 is 5.11 Å². The van der Waals surface area contributed by atoms with Crippen LogP contribution < -0.4 is 4.90 Å². The Kier molecular flexibility index (Phi) is 4.07. The molecule has 1 saturated heterocycles. The lowest BCUT2D eigenvalue weighted by Crippen LogP contribution is -2.26. The normalized spacial score (nSPS) is 19.2. The van der Waals surface area contributed by atoms with Crippen LogP contribution in [0.3, 0.4) is 0 Å². The Hall–Kier alpha value is -0.740. The third-order valence-electron chi connectivity index (χ3n) is 2.80. The van der Waals surface area contributed by atoms with Gasteiger partial charge in [-0.15, -0.1) is 0 Å². The zero-order chi connectivity index (χ0) is 11.4. The molecule has 1 aromatic rings. The van der Waals surface area contributed by atoms with Crippen LogP contribution in [-0.4, -0.2) is 34.7 Å². The van der Waals surface area contributed by atoms with E-state index in [-0.39, 0.29) is 0 Å². The average molecular weight is 238 g/mol. The smallest absolute Gasteiger partial charge is 0.128 e. The number of anilines is 1. The quantitative estimate of drug-likeness (QED) is 0.856. The molecule has 0 bridgehead atoms. The molecule has 88 valence electrons. The fourth-order valence-electron chi connectivity index (χ4n) is 1.81. The van der Waals surface area contributed by atoms with Gasteiger partial charge in [-0.3, -0.25) is 0 Å². The number of aromatic nitrogens is 1. The van der Waals surface area contributed by atoms with Gasteiger partial charge in [-0.2, -0.15) is 11.8 Å². The maximum atomic E-state index is 9.41. The predicted octanol–water partition coefficient (Wildman–Crippen LogP) is 2.08. The molecule has 4 heteroatoms. The minimum atomic E-state index is -0.429. The van der Waals surface area contributed by atoms with Crippen molar-refractivity contribution in [2.24, 2.45) is 0 Å². The van der Waals surface area contributed by atoms with Crippen molar-refractivity contribution in [3.63, 3.8) is 0 Å². The maximum absolute atomic E-state index is 9.41. The molecule has 0 aromatic carbocycles. The molecule has 1 fully saturated rings. The van der Waals surface area contributed by atoms with Crippen LogP contribution in [0.1, 0.15) is 25.0 Å². The first-order valence-corrected chi connectivity index (χ1v) is 6.89. The molecule has 3 nitrogen and oxygen atoms in total. The van der Waals surface area contributed by atoms with Crippen LogP contribution in [0.15, 0.2) is 18.3 Å². The fourth-order valence-corrected chi connectivity index (χ4v) is 2.69. The highest BCUT2D eigenvalue weighted by Gasteiger charge is 2.11. The number of rotatable bonds is 2. The second kappa shape index (κ2) is 5.55. The van der Waals surface area contributed by atoms with Crippen LogP contribution in [0, 0.1) is 0 Å². The predicted molar refractivity (Wildman–Crippen MR) is 69.0 cm³/mol. The molecule has 0 saturated carbocycles. The molecule has 2 heterocycles. The van der Waals surface area contributed by atoms with E-state index in [0.717, 1.165) is 24.5 Å². The molecule has 0 aliphatic carbocycles. The molecule has 0 amide bonds. The van der Waals surface area contributed by atoms with E-state index in [0.29, 0.717) is 0 Å². The zero-order valence-electron chi connectivity index (χ0n) is 9.59. The van der Waals surface area contributed by atoms with Gasteiger partial charge in [0.15, 0.2) is 0 Å². The number of hydrogen-bond donors (Lipinski definition) is 1. The summed E-state index contributed by atoms with van der Waals surface area (Å²) >= 11 is 2.01. The Morgan fingerprint density at radius 1 is 1.38 bits per heavy atom. The van der Waals surface area contributed by atoms with Gasteiger partial charge in [0.25, 0.3) is 0 Å². The fraction of sp³-hybridized carbons (Fsp3) is 0.583. The minimum Gasteiger partial charge on any atom is -0.389 e. The topological polar surface area (TPSA) is 36.4 Å². The first-order valence-electron chi connectivity index (χ1n) is 5.74. The first-order chi connectivity index (χ1) is 7.77. The maximum Gasteiger partial charge on any atom is 0.128 e.